The molecule has 0 amide bonds. The first-order valence-electron chi connectivity index (χ1n) is 10.1. The van der Waals surface area contributed by atoms with Crippen molar-refractivity contribution in [1.82, 2.24) is 4.48 Å². The summed E-state index contributed by atoms with van der Waals surface area (Å²) in [5, 5.41) is 0.960. The largest absolute Gasteiger partial charge is 0.677 e. The lowest BCUT2D eigenvalue weighted by Crippen LogP contribution is -2.18. The highest BCUT2D eigenvalue weighted by Crippen LogP contribution is 2.37. The van der Waals surface area contributed by atoms with Gasteiger partial charge in [0.2, 0.25) is 0 Å². The number of aromatic nitrogens is 1. The van der Waals surface area contributed by atoms with Crippen molar-refractivity contribution >= 4 is 34.6 Å². The Bertz CT molecular complexity index is 1010. The minimum atomic E-state index is -2.63. The fourth-order valence-corrected chi connectivity index (χ4v) is 4.20. The molecule has 0 radical (unpaired) electrons. The number of unbranched alkanes of at least 4 members (excludes halogenated alkanes) is 1. The van der Waals surface area contributed by atoms with Gasteiger partial charge in [-0.05, 0) is 81.5 Å². The van der Waals surface area contributed by atoms with Gasteiger partial charge >= 0.3 is 7.40 Å². The Hall–Kier alpha value is -2.15. The summed E-state index contributed by atoms with van der Waals surface area (Å²) in [5.41, 5.74) is 5.98. The molecule has 0 atom stereocenters. The molecule has 0 unspecified atom stereocenters. The van der Waals surface area contributed by atoms with Crippen molar-refractivity contribution in [2.24, 2.45) is 4.99 Å². The number of alkyl halides is 1. The predicted octanol–water partition coefficient (Wildman–Crippen LogP) is 6.61. The first-order chi connectivity index (χ1) is 14.3. The number of halogens is 3. The van der Waals surface area contributed by atoms with Gasteiger partial charge in [-0.2, -0.15) is 0 Å². The third-order valence-corrected chi connectivity index (χ3v) is 5.68. The average molecular weight is 475 g/mol. The Morgan fingerprint density at radius 3 is 2.37 bits per heavy atom. The molecule has 158 valence electrons. The number of allylic oxidation sites excluding steroid dienone is 2. The zero-order valence-corrected chi connectivity index (χ0v) is 19.4. The van der Waals surface area contributed by atoms with Gasteiger partial charge in [0.1, 0.15) is 5.75 Å². The summed E-state index contributed by atoms with van der Waals surface area (Å²) in [4.78, 5) is 4.68. The number of rotatable bonds is 8. The number of ether oxygens (including phenoxy) is 1. The van der Waals surface area contributed by atoms with Crippen LogP contribution in [0.15, 0.2) is 52.7 Å². The van der Waals surface area contributed by atoms with Crippen molar-refractivity contribution in [3.8, 4) is 5.75 Å². The summed E-state index contributed by atoms with van der Waals surface area (Å²) < 4.78 is 34.8. The molecular weight excluding hydrogens is 449 g/mol. The van der Waals surface area contributed by atoms with E-state index in [4.69, 9.17) is 4.74 Å². The van der Waals surface area contributed by atoms with Crippen LogP contribution in [0.2, 0.25) is 0 Å². The predicted molar refractivity (Wildman–Crippen MR) is 125 cm³/mol. The second kappa shape index (κ2) is 9.77. The van der Waals surface area contributed by atoms with E-state index in [2.05, 4.69) is 20.9 Å². The quantitative estimate of drug-likeness (QED) is 0.240. The summed E-state index contributed by atoms with van der Waals surface area (Å²) in [6, 6.07) is 9.44. The number of nitrogens with zero attached hydrogens (tertiary/aromatic N) is 2. The van der Waals surface area contributed by atoms with Crippen molar-refractivity contribution in [3.05, 3.63) is 70.2 Å². The molecule has 1 aliphatic rings. The van der Waals surface area contributed by atoms with Crippen LogP contribution in [-0.2, 0) is 0 Å². The van der Waals surface area contributed by atoms with Gasteiger partial charge in [0.15, 0.2) is 0 Å². The molecule has 2 aromatic rings. The average Bonchev–Trinajstić information content (AvgIpc) is 3.18. The first kappa shape index (κ1) is 22.5. The van der Waals surface area contributed by atoms with Crippen molar-refractivity contribution in [3.63, 3.8) is 0 Å². The molecule has 0 spiro atoms. The lowest BCUT2D eigenvalue weighted by molar-refractivity contribution is 0.310. The molecule has 1 aliphatic heterocycles. The fourth-order valence-electron chi connectivity index (χ4n) is 3.81. The lowest BCUT2D eigenvalue weighted by Gasteiger charge is -2.17. The number of aryl methyl sites for hydroxylation is 2. The highest BCUT2D eigenvalue weighted by Gasteiger charge is 2.29. The first-order valence-corrected chi connectivity index (χ1v) is 11.2. The van der Waals surface area contributed by atoms with Crippen molar-refractivity contribution in [1.29, 1.82) is 0 Å². The van der Waals surface area contributed by atoms with Crippen LogP contribution in [-0.4, -0.2) is 29.5 Å². The van der Waals surface area contributed by atoms with E-state index in [0.29, 0.717) is 18.0 Å². The Morgan fingerprint density at radius 2 is 1.80 bits per heavy atom. The van der Waals surface area contributed by atoms with E-state index in [1.54, 1.807) is 13.0 Å². The molecule has 7 heteroatoms. The molecule has 2 heterocycles. The maximum absolute atomic E-state index is 14.0. The minimum absolute atomic E-state index is 0.509. The fraction of sp³-hybridized carbons (Fsp3) is 0.348. The molecule has 30 heavy (non-hydrogen) atoms. The zero-order chi connectivity index (χ0) is 21.8. The highest BCUT2D eigenvalue weighted by molar-refractivity contribution is 9.09. The zero-order valence-electron chi connectivity index (χ0n) is 17.8. The third-order valence-electron chi connectivity index (χ3n) is 5.12. The van der Waals surface area contributed by atoms with Crippen molar-refractivity contribution < 1.29 is 13.4 Å². The van der Waals surface area contributed by atoms with E-state index in [0.717, 1.165) is 62.1 Å². The molecule has 1 aromatic carbocycles. The van der Waals surface area contributed by atoms with E-state index >= 15 is 0 Å². The summed E-state index contributed by atoms with van der Waals surface area (Å²) in [6.07, 6.45) is 4.01. The lowest BCUT2D eigenvalue weighted by atomic mass is 9.94. The second-order valence-electron chi connectivity index (χ2n) is 7.54. The Morgan fingerprint density at radius 1 is 1.10 bits per heavy atom. The van der Waals surface area contributed by atoms with Crippen molar-refractivity contribution in [2.75, 3.05) is 11.9 Å². The summed E-state index contributed by atoms with van der Waals surface area (Å²) in [5.74, 6) is 0.771. The number of benzene rings is 1. The van der Waals surface area contributed by atoms with Gasteiger partial charge in [-0.25, -0.2) is 0 Å². The van der Waals surface area contributed by atoms with Crippen LogP contribution in [0.3, 0.4) is 0 Å². The standard InChI is InChI=1S/C23H26BBrF2N2O/c1-15-13-17(3)28-22(15)21(23-16(2)14-18(4)29(23)24(26)27)19-7-9-20(10-8-19)30-12-6-5-11-25/h7-10,13-14H,5-6,11-12H2,1-4H3/b22-21-. The van der Waals surface area contributed by atoms with Crippen LogP contribution < -0.4 is 4.74 Å². The van der Waals surface area contributed by atoms with Crippen LogP contribution >= 0.6 is 15.9 Å². The molecule has 0 bridgehead atoms. The van der Waals surface area contributed by atoms with Gasteiger partial charge in [0.05, 0.1) is 12.3 Å². The minimum Gasteiger partial charge on any atom is -0.494 e. The van der Waals surface area contributed by atoms with Gasteiger partial charge in [0, 0.05) is 28.0 Å². The van der Waals surface area contributed by atoms with E-state index in [9.17, 15) is 8.63 Å². The highest BCUT2D eigenvalue weighted by atomic mass is 79.9. The third kappa shape index (κ3) is 4.77. The van der Waals surface area contributed by atoms with Crippen LogP contribution in [0, 0.1) is 13.8 Å². The number of aliphatic imine (C=N–C) groups is 1. The van der Waals surface area contributed by atoms with E-state index < -0.39 is 7.40 Å². The van der Waals surface area contributed by atoms with E-state index in [1.165, 1.54) is 0 Å². The Kier molecular flexibility index (Phi) is 7.34. The molecule has 0 fully saturated rings. The van der Waals surface area contributed by atoms with Gasteiger partial charge < -0.3 is 9.21 Å². The van der Waals surface area contributed by atoms with Gasteiger partial charge in [-0.15, -0.1) is 0 Å². The SMILES string of the molecule is CC1=CC(C)=N/C1=C(/c1ccc(OCCCCBr)cc1)c1c(C)cc(C)n1B(F)F. The summed E-state index contributed by atoms with van der Waals surface area (Å²) in [7, 11) is -2.63. The molecule has 3 rings (SSSR count). The molecule has 1 aromatic heterocycles. The number of hydrogen-bond acceptors (Lipinski definition) is 2. The van der Waals surface area contributed by atoms with Gasteiger partial charge in [0.25, 0.3) is 0 Å². The van der Waals surface area contributed by atoms with Crippen LogP contribution in [0.1, 0.15) is 49.2 Å². The van der Waals surface area contributed by atoms with Crippen LogP contribution in [0.25, 0.3) is 5.57 Å². The van der Waals surface area contributed by atoms with Crippen LogP contribution in [0.5, 0.6) is 5.75 Å². The van der Waals surface area contributed by atoms with Crippen molar-refractivity contribution in [2.45, 2.75) is 40.5 Å². The molecule has 0 aliphatic carbocycles. The van der Waals surface area contributed by atoms with Crippen LogP contribution in [0.4, 0.5) is 8.63 Å². The molecule has 0 saturated carbocycles. The summed E-state index contributed by atoms with van der Waals surface area (Å²) >= 11 is 3.42. The maximum Gasteiger partial charge on any atom is 0.677 e. The van der Waals surface area contributed by atoms with E-state index in [1.807, 2.05) is 51.1 Å². The normalized spacial score (nSPS) is 15.2. The number of hydrogen-bond donors (Lipinski definition) is 0. The molecule has 3 nitrogen and oxygen atoms in total. The molecular formula is C23H26BBrF2N2O. The monoisotopic (exact) mass is 474 g/mol. The topological polar surface area (TPSA) is 26.5 Å². The Balaban J connectivity index is 2.09. The smallest absolute Gasteiger partial charge is 0.494 e. The maximum atomic E-state index is 14.0. The summed E-state index contributed by atoms with van der Waals surface area (Å²) in [6.45, 7) is 8.11. The Labute approximate surface area is 185 Å². The van der Waals surface area contributed by atoms with Gasteiger partial charge in [-0.1, -0.05) is 28.1 Å². The molecule has 0 N–H and O–H groups in total. The van der Waals surface area contributed by atoms with Gasteiger partial charge in [-0.3, -0.25) is 13.6 Å². The molecule has 0 saturated heterocycles. The van der Waals surface area contributed by atoms with E-state index in [-0.39, 0.29) is 0 Å². The second-order valence-corrected chi connectivity index (χ2v) is 8.33.